The fourth-order valence-corrected chi connectivity index (χ4v) is 9.20. The summed E-state index contributed by atoms with van der Waals surface area (Å²) in [5.41, 5.74) is 10.8. The molecule has 61 heavy (non-hydrogen) atoms. The summed E-state index contributed by atoms with van der Waals surface area (Å²) in [5.74, 6) is 1.92. The third kappa shape index (κ3) is 5.88. The van der Waals surface area contributed by atoms with Gasteiger partial charge in [0.05, 0.1) is 11.0 Å². The van der Waals surface area contributed by atoms with Crippen LogP contribution >= 0.6 is 0 Å². The maximum atomic E-state index is 5.07. The lowest BCUT2D eigenvalue weighted by atomic mass is 9.94. The van der Waals surface area contributed by atoms with Crippen molar-refractivity contribution < 1.29 is 0 Å². The first kappa shape index (κ1) is 34.8. The minimum absolute atomic E-state index is 0.631. The summed E-state index contributed by atoms with van der Waals surface area (Å²) >= 11 is 0. The van der Waals surface area contributed by atoms with Gasteiger partial charge in [-0.1, -0.05) is 182 Å². The summed E-state index contributed by atoms with van der Waals surface area (Å²) in [6.45, 7) is 0. The van der Waals surface area contributed by atoms with Gasteiger partial charge in [0.2, 0.25) is 0 Å². The lowest BCUT2D eigenvalue weighted by Gasteiger charge is -2.14. The molecule has 0 saturated carbocycles. The molecule has 0 aliphatic rings. The Morgan fingerprint density at radius 2 is 0.754 bits per heavy atom. The van der Waals surface area contributed by atoms with Crippen LogP contribution in [0.1, 0.15) is 0 Å². The van der Waals surface area contributed by atoms with Gasteiger partial charge in [-0.25, -0.2) is 15.0 Å². The maximum absolute atomic E-state index is 5.07. The molecule has 12 aromatic rings. The van der Waals surface area contributed by atoms with Crippen LogP contribution in [0.3, 0.4) is 0 Å². The normalized spacial score (nSPS) is 11.6. The van der Waals surface area contributed by atoms with E-state index in [4.69, 9.17) is 15.0 Å². The Morgan fingerprint density at radius 3 is 1.38 bits per heavy atom. The van der Waals surface area contributed by atoms with Crippen molar-refractivity contribution in [3.8, 4) is 62.1 Å². The highest BCUT2D eigenvalue weighted by Crippen LogP contribution is 2.43. The first-order valence-electron chi connectivity index (χ1n) is 20.7. The first-order valence-corrected chi connectivity index (χ1v) is 20.7. The van der Waals surface area contributed by atoms with Gasteiger partial charge in [0.1, 0.15) is 0 Å². The Morgan fingerprint density at radius 1 is 0.262 bits per heavy atom. The molecule has 0 amide bonds. The molecule has 2 aromatic heterocycles. The van der Waals surface area contributed by atoms with Crippen molar-refractivity contribution in [1.29, 1.82) is 0 Å². The van der Waals surface area contributed by atoms with Crippen molar-refractivity contribution in [2.24, 2.45) is 0 Å². The average molecular weight is 777 g/mol. The Balaban J connectivity index is 1.09. The Labute approximate surface area is 352 Å². The summed E-state index contributed by atoms with van der Waals surface area (Å²) in [5, 5.41) is 9.96. The van der Waals surface area contributed by atoms with E-state index in [1.807, 2.05) is 60.7 Å². The quantitative estimate of drug-likeness (QED) is 0.158. The van der Waals surface area contributed by atoms with Crippen molar-refractivity contribution in [1.82, 2.24) is 19.5 Å². The molecule has 4 nitrogen and oxygen atoms in total. The van der Waals surface area contributed by atoms with E-state index in [0.29, 0.717) is 17.5 Å². The van der Waals surface area contributed by atoms with Crippen molar-refractivity contribution in [3.05, 3.63) is 218 Å². The van der Waals surface area contributed by atoms with Crippen molar-refractivity contribution in [2.45, 2.75) is 0 Å². The van der Waals surface area contributed by atoms with Gasteiger partial charge in [-0.3, -0.25) is 0 Å². The van der Waals surface area contributed by atoms with E-state index in [2.05, 4.69) is 162 Å². The summed E-state index contributed by atoms with van der Waals surface area (Å²) in [6, 6.07) is 77.7. The number of nitrogens with zero attached hydrogens (tertiary/aromatic N) is 4. The van der Waals surface area contributed by atoms with Gasteiger partial charge in [-0.05, 0) is 91.0 Å². The molecule has 0 spiro atoms. The molecule has 0 fully saturated rings. The monoisotopic (exact) mass is 776 g/mol. The molecule has 12 rings (SSSR count). The van der Waals surface area contributed by atoms with Gasteiger partial charge >= 0.3 is 0 Å². The van der Waals surface area contributed by atoms with Crippen LogP contribution < -0.4 is 0 Å². The van der Waals surface area contributed by atoms with Crippen LogP contribution in [0, 0.1) is 0 Å². The smallest absolute Gasteiger partial charge is 0.164 e. The van der Waals surface area contributed by atoms with Crippen LogP contribution in [-0.4, -0.2) is 19.5 Å². The molecule has 10 aromatic carbocycles. The molecule has 0 N–H and O–H groups in total. The highest BCUT2D eigenvalue weighted by atomic mass is 15.0. The Bertz CT molecular complexity index is 3540. The molecule has 0 unspecified atom stereocenters. The van der Waals surface area contributed by atoms with E-state index in [-0.39, 0.29) is 0 Å². The van der Waals surface area contributed by atoms with E-state index in [1.165, 1.54) is 54.2 Å². The van der Waals surface area contributed by atoms with E-state index in [9.17, 15) is 0 Å². The van der Waals surface area contributed by atoms with E-state index >= 15 is 0 Å². The van der Waals surface area contributed by atoms with Gasteiger partial charge in [0.15, 0.2) is 17.5 Å². The number of rotatable bonds is 6. The van der Waals surface area contributed by atoms with Gasteiger partial charge < -0.3 is 4.57 Å². The molecular weight excluding hydrogens is 741 g/mol. The van der Waals surface area contributed by atoms with Gasteiger partial charge in [-0.15, -0.1) is 0 Å². The molecule has 4 heteroatoms. The number of hydrogen-bond donors (Lipinski definition) is 0. The average Bonchev–Trinajstić information content (AvgIpc) is 3.68. The summed E-state index contributed by atoms with van der Waals surface area (Å²) in [6.07, 6.45) is 0. The Kier molecular flexibility index (Phi) is 8.13. The number of fused-ring (bicyclic) bond motifs is 9. The minimum Gasteiger partial charge on any atom is -0.309 e. The number of hydrogen-bond acceptors (Lipinski definition) is 3. The van der Waals surface area contributed by atoms with E-state index in [0.717, 1.165) is 44.5 Å². The molecule has 0 bridgehead atoms. The van der Waals surface area contributed by atoms with Crippen molar-refractivity contribution in [2.75, 3.05) is 0 Å². The second-order valence-corrected chi connectivity index (χ2v) is 15.6. The summed E-state index contributed by atoms with van der Waals surface area (Å²) in [4.78, 5) is 15.1. The molecule has 0 radical (unpaired) electrons. The topological polar surface area (TPSA) is 43.6 Å². The van der Waals surface area contributed by atoms with Gasteiger partial charge in [0.25, 0.3) is 0 Å². The standard InChI is InChI=1S/C57H36N4/c1-4-16-37(17-5-1)40-30-33-52-51(35-40)54-44(41-22-14-23-42(34-41)57-59-55(38-18-6-2-7-19-38)58-56(60-57)39-20-8-3-9-21-39)28-15-29-53(54)61(52)43-31-32-49-47-26-11-10-24-45(47)46-25-12-13-27-48(46)50(49)36-43/h1-36H. The van der Waals surface area contributed by atoms with Crippen LogP contribution in [0.5, 0.6) is 0 Å². The molecule has 2 heterocycles. The van der Waals surface area contributed by atoms with Crippen LogP contribution in [0.15, 0.2) is 218 Å². The molecule has 0 aliphatic heterocycles. The Hall–Kier alpha value is -8.21. The number of benzene rings is 10. The van der Waals surface area contributed by atoms with Crippen LogP contribution in [-0.2, 0) is 0 Å². The summed E-state index contributed by atoms with van der Waals surface area (Å²) < 4.78 is 2.44. The molecule has 284 valence electrons. The van der Waals surface area contributed by atoms with Crippen molar-refractivity contribution >= 4 is 54.1 Å². The molecule has 0 atom stereocenters. The van der Waals surface area contributed by atoms with Crippen LogP contribution in [0.25, 0.3) is 116 Å². The zero-order valence-electron chi connectivity index (χ0n) is 33.1. The third-order valence-electron chi connectivity index (χ3n) is 12.0. The predicted octanol–water partition coefficient (Wildman–Crippen LogP) is 14.8. The van der Waals surface area contributed by atoms with Gasteiger partial charge in [-0.2, -0.15) is 0 Å². The SMILES string of the molecule is c1ccc(-c2ccc3c(c2)c2c(-c4cccc(-c5nc(-c6ccccc6)nc(-c6ccccc6)n5)c4)cccc2n3-c2ccc3c4ccccc4c4ccccc4c3c2)cc1. The second kappa shape index (κ2) is 14.3. The highest BCUT2D eigenvalue weighted by Gasteiger charge is 2.20. The third-order valence-corrected chi connectivity index (χ3v) is 12.0. The van der Waals surface area contributed by atoms with E-state index in [1.54, 1.807) is 0 Å². The predicted molar refractivity (Wildman–Crippen MR) is 254 cm³/mol. The highest BCUT2D eigenvalue weighted by molar-refractivity contribution is 6.26. The second-order valence-electron chi connectivity index (χ2n) is 15.6. The summed E-state index contributed by atoms with van der Waals surface area (Å²) in [7, 11) is 0. The largest absolute Gasteiger partial charge is 0.309 e. The number of aromatic nitrogens is 4. The molecule has 0 aliphatic carbocycles. The molecule has 0 saturated heterocycles. The van der Waals surface area contributed by atoms with Gasteiger partial charge in [0, 0.05) is 33.2 Å². The lowest BCUT2D eigenvalue weighted by molar-refractivity contribution is 1.07. The fraction of sp³-hybridized carbons (Fsp3) is 0. The van der Waals surface area contributed by atoms with Crippen LogP contribution in [0.4, 0.5) is 0 Å². The maximum Gasteiger partial charge on any atom is 0.164 e. The van der Waals surface area contributed by atoms with Crippen molar-refractivity contribution in [3.63, 3.8) is 0 Å². The first-order chi connectivity index (χ1) is 30.2. The zero-order valence-corrected chi connectivity index (χ0v) is 33.1. The fourth-order valence-electron chi connectivity index (χ4n) is 9.20. The molecular formula is C57H36N4. The zero-order chi connectivity index (χ0) is 40.3. The lowest BCUT2D eigenvalue weighted by Crippen LogP contribution is -2.00. The minimum atomic E-state index is 0.631. The van der Waals surface area contributed by atoms with Crippen LogP contribution in [0.2, 0.25) is 0 Å². The van der Waals surface area contributed by atoms with E-state index < -0.39 is 0 Å².